The molecule has 0 saturated heterocycles. The minimum absolute atomic E-state index is 0. The van der Waals surface area contributed by atoms with Gasteiger partial charge in [0.2, 0.25) is 0 Å². The first-order valence-electron chi connectivity index (χ1n) is 0. The van der Waals surface area contributed by atoms with Gasteiger partial charge in [0.05, 0.1) is 0 Å². The SMILES string of the molecule is [Cl-].[Cl-].[MgH2].[Sn+2]. The third-order valence-corrected chi connectivity index (χ3v) is 0. The van der Waals surface area contributed by atoms with Crippen molar-refractivity contribution >= 4 is 47.0 Å². The zero-order valence-corrected chi connectivity index (χ0v) is 5.62. The molecule has 0 amide bonds. The average molecular weight is 216 g/mol. The van der Waals surface area contributed by atoms with E-state index in [4.69, 9.17) is 0 Å². The fourth-order valence-electron chi connectivity index (χ4n) is 0. The van der Waals surface area contributed by atoms with Crippen molar-refractivity contribution in [1.82, 2.24) is 0 Å². The van der Waals surface area contributed by atoms with Crippen molar-refractivity contribution < 1.29 is 24.8 Å². The smallest absolute Gasteiger partial charge is 1.00 e. The third-order valence-electron chi connectivity index (χ3n) is 0. The van der Waals surface area contributed by atoms with Gasteiger partial charge in [0.25, 0.3) is 0 Å². The summed E-state index contributed by atoms with van der Waals surface area (Å²) >= 11 is 0. The molecule has 0 saturated carbocycles. The molecule has 0 aromatic rings. The van der Waals surface area contributed by atoms with E-state index in [1.165, 1.54) is 0 Å². The van der Waals surface area contributed by atoms with Crippen LogP contribution in [0.2, 0.25) is 0 Å². The van der Waals surface area contributed by atoms with Crippen LogP contribution < -0.4 is 24.8 Å². The van der Waals surface area contributed by atoms with E-state index in [0.717, 1.165) is 0 Å². The molecule has 0 nitrogen and oxygen atoms in total. The summed E-state index contributed by atoms with van der Waals surface area (Å²) in [5.74, 6) is 0. The number of hydrogen-bond acceptors (Lipinski definition) is 0. The zero-order valence-electron chi connectivity index (χ0n) is 1.26. The average Bonchev–Trinajstić information content (AvgIpc) is 0. The first-order chi connectivity index (χ1) is 0. The van der Waals surface area contributed by atoms with Crippen molar-refractivity contribution in [2.45, 2.75) is 0 Å². The summed E-state index contributed by atoms with van der Waals surface area (Å²) in [4.78, 5) is 0. The summed E-state index contributed by atoms with van der Waals surface area (Å²) in [6.45, 7) is 0. The van der Waals surface area contributed by atoms with Gasteiger partial charge >= 0.3 is 47.0 Å². The molecule has 0 aromatic heterocycles. The molecule has 0 heterocycles. The molecule has 22 valence electrons. The van der Waals surface area contributed by atoms with Gasteiger partial charge in [-0.1, -0.05) is 0 Å². The first kappa shape index (κ1) is 35.4. The Balaban J connectivity index is 0. The normalized spacial score (nSPS) is 0. The maximum Gasteiger partial charge on any atom is 2.00 e. The standard InChI is InChI=1S/2ClH.Mg.Sn.2H/h2*1H;;;;/q;;;+2;;/p-2. The minimum Gasteiger partial charge on any atom is -1.00 e. The van der Waals surface area contributed by atoms with Crippen molar-refractivity contribution in [2.24, 2.45) is 0 Å². The second-order valence-electron chi connectivity index (χ2n) is 0. The van der Waals surface area contributed by atoms with E-state index in [-0.39, 0.29) is 71.8 Å². The second-order valence-corrected chi connectivity index (χ2v) is 0. The Bertz CT molecular complexity index is 6.00. The molecule has 0 aromatic carbocycles. The largest absolute Gasteiger partial charge is 2.00 e. The fourth-order valence-corrected chi connectivity index (χ4v) is 0. The molecule has 0 aliphatic rings. The van der Waals surface area contributed by atoms with E-state index in [0.29, 0.717) is 0 Å². The van der Waals surface area contributed by atoms with Gasteiger partial charge in [0, 0.05) is 0 Å². The fraction of sp³-hybridized carbons (Fsp3) is 0. The summed E-state index contributed by atoms with van der Waals surface area (Å²) in [5.41, 5.74) is 0. The van der Waals surface area contributed by atoms with Gasteiger partial charge < -0.3 is 24.8 Å². The van der Waals surface area contributed by atoms with E-state index < -0.39 is 0 Å². The van der Waals surface area contributed by atoms with Crippen LogP contribution in [-0.4, -0.2) is 47.0 Å². The van der Waals surface area contributed by atoms with E-state index in [1.807, 2.05) is 0 Å². The maximum absolute atomic E-state index is 0. The molecule has 0 unspecified atom stereocenters. The summed E-state index contributed by atoms with van der Waals surface area (Å²) in [7, 11) is 0. The van der Waals surface area contributed by atoms with E-state index in [1.54, 1.807) is 0 Å². The molecule has 0 N–H and O–H groups in total. The van der Waals surface area contributed by atoms with Crippen LogP contribution >= 0.6 is 0 Å². The Morgan fingerprint density at radius 1 is 0.750 bits per heavy atom. The van der Waals surface area contributed by atoms with Crippen LogP contribution in [0.4, 0.5) is 0 Å². The Morgan fingerprint density at radius 3 is 0.750 bits per heavy atom. The molecule has 4 heavy (non-hydrogen) atoms. The summed E-state index contributed by atoms with van der Waals surface area (Å²) < 4.78 is 0. The quantitative estimate of drug-likeness (QED) is 0.353. The minimum atomic E-state index is 0. The van der Waals surface area contributed by atoms with Crippen LogP contribution in [0.5, 0.6) is 0 Å². The van der Waals surface area contributed by atoms with Gasteiger partial charge in [-0.2, -0.15) is 0 Å². The van der Waals surface area contributed by atoms with Crippen LogP contribution in [0, 0.1) is 0 Å². The van der Waals surface area contributed by atoms with Crippen molar-refractivity contribution in [3.8, 4) is 0 Å². The van der Waals surface area contributed by atoms with E-state index in [2.05, 4.69) is 0 Å². The summed E-state index contributed by atoms with van der Waals surface area (Å²) in [6.07, 6.45) is 0. The summed E-state index contributed by atoms with van der Waals surface area (Å²) in [5, 5.41) is 0. The van der Waals surface area contributed by atoms with Gasteiger partial charge in [0.1, 0.15) is 0 Å². The molecule has 0 aliphatic carbocycles. The molecular formula is H2Cl2MgSn. The molecule has 2 radical (unpaired) electrons. The second kappa shape index (κ2) is 19.2. The number of rotatable bonds is 0. The molecule has 4 heteroatoms. The third kappa shape index (κ3) is 8.91. The van der Waals surface area contributed by atoms with Crippen molar-refractivity contribution in [1.29, 1.82) is 0 Å². The Kier molecular flexibility index (Phi) is 170. The Labute approximate surface area is 71.0 Å². The van der Waals surface area contributed by atoms with Gasteiger partial charge in [0.15, 0.2) is 0 Å². The Hall–Kier alpha value is 2.14. The number of hydrogen-bond donors (Lipinski definition) is 0. The predicted octanol–water partition coefficient (Wildman–Crippen LogP) is -7.29. The summed E-state index contributed by atoms with van der Waals surface area (Å²) in [6, 6.07) is 0. The van der Waals surface area contributed by atoms with Crippen LogP contribution in [0.1, 0.15) is 0 Å². The van der Waals surface area contributed by atoms with Gasteiger partial charge in [-0.25, -0.2) is 0 Å². The molecule has 0 aliphatic heterocycles. The predicted molar refractivity (Wildman–Crippen MR) is 14.3 cm³/mol. The van der Waals surface area contributed by atoms with Crippen molar-refractivity contribution in [3.05, 3.63) is 0 Å². The molecule has 0 atom stereocenters. The zero-order chi connectivity index (χ0) is 0. The monoisotopic (exact) mass is 216 g/mol. The van der Waals surface area contributed by atoms with Crippen molar-refractivity contribution in [2.75, 3.05) is 0 Å². The molecule has 0 fully saturated rings. The Morgan fingerprint density at radius 2 is 0.750 bits per heavy atom. The maximum atomic E-state index is 0. The van der Waals surface area contributed by atoms with Gasteiger partial charge in [-0.15, -0.1) is 0 Å². The van der Waals surface area contributed by atoms with Gasteiger partial charge in [-0.3, -0.25) is 0 Å². The molecular weight excluding hydrogens is 214 g/mol. The molecule has 0 rings (SSSR count). The van der Waals surface area contributed by atoms with Gasteiger partial charge in [-0.05, 0) is 0 Å². The molecule has 0 spiro atoms. The van der Waals surface area contributed by atoms with Crippen molar-refractivity contribution in [3.63, 3.8) is 0 Å². The molecule has 0 bridgehead atoms. The van der Waals surface area contributed by atoms with Crippen LogP contribution in [0.25, 0.3) is 0 Å². The van der Waals surface area contributed by atoms with E-state index in [9.17, 15) is 0 Å². The van der Waals surface area contributed by atoms with Crippen LogP contribution in [0.15, 0.2) is 0 Å². The topological polar surface area (TPSA) is 0 Å². The first-order valence-corrected chi connectivity index (χ1v) is 0. The van der Waals surface area contributed by atoms with Crippen LogP contribution in [-0.2, 0) is 0 Å². The van der Waals surface area contributed by atoms with E-state index >= 15 is 0 Å². The van der Waals surface area contributed by atoms with Crippen LogP contribution in [0.3, 0.4) is 0 Å². The number of halogens is 2.